The number of carbonyl (C=O) groups excluding carboxylic acids is 1. The van der Waals surface area contributed by atoms with E-state index in [1.54, 1.807) is 6.07 Å². The third-order valence-electron chi connectivity index (χ3n) is 5.15. The normalized spacial score (nSPS) is 14.4. The molecule has 1 heterocycles. The fourth-order valence-electron chi connectivity index (χ4n) is 3.59. The third-order valence-corrected chi connectivity index (χ3v) is 5.15. The van der Waals surface area contributed by atoms with Crippen LogP contribution in [0.1, 0.15) is 41.6 Å². The number of nitro groups is 2. The number of hydrogen-bond donors (Lipinski definition) is 0. The van der Waals surface area contributed by atoms with Gasteiger partial charge >= 0.3 is 0 Å². The van der Waals surface area contributed by atoms with Gasteiger partial charge in [0.15, 0.2) is 0 Å². The number of nitro benzene ring substituents is 2. The van der Waals surface area contributed by atoms with Crippen molar-refractivity contribution in [3.05, 3.63) is 79.4 Å². The summed E-state index contributed by atoms with van der Waals surface area (Å²) in [5, 5.41) is 31.9. The molecule has 31 heavy (non-hydrogen) atoms. The predicted octanol–water partition coefficient (Wildman–Crippen LogP) is 4.67. The smallest absolute Gasteiger partial charge is 0.270 e. The van der Waals surface area contributed by atoms with Gasteiger partial charge in [-0.3, -0.25) is 25.0 Å². The summed E-state index contributed by atoms with van der Waals surface area (Å²) >= 11 is 0. The van der Waals surface area contributed by atoms with Crippen molar-refractivity contribution in [3.63, 3.8) is 0 Å². The first-order valence-electron chi connectivity index (χ1n) is 9.85. The molecule has 0 saturated carbocycles. The number of non-ortho nitro benzene ring substituents is 2. The van der Waals surface area contributed by atoms with E-state index in [0.717, 1.165) is 44.8 Å². The van der Waals surface area contributed by atoms with Gasteiger partial charge in [0.05, 0.1) is 9.85 Å². The molecule has 9 nitrogen and oxygen atoms in total. The quantitative estimate of drug-likeness (QED) is 0.218. The molecule has 158 valence electrons. The molecule has 0 unspecified atom stereocenters. The van der Waals surface area contributed by atoms with Crippen molar-refractivity contribution >= 4 is 28.9 Å². The SMILES string of the molecule is N#CC(=Cc1cc([N+](=O)[O-])ccc1N1CCCCCC1)C(=O)c1cccc([N+](=O)[O-])c1. The predicted molar refractivity (Wildman–Crippen MR) is 115 cm³/mol. The molecule has 1 saturated heterocycles. The summed E-state index contributed by atoms with van der Waals surface area (Å²) in [6.07, 6.45) is 5.50. The number of benzene rings is 2. The molecular formula is C22H20N4O5. The van der Waals surface area contributed by atoms with Gasteiger partial charge in [-0.05, 0) is 25.0 Å². The fraction of sp³-hybridized carbons (Fsp3) is 0.273. The molecule has 0 amide bonds. The van der Waals surface area contributed by atoms with Crippen LogP contribution in [-0.4, -0.2) is 28.7 Å². The molecule has 1 aliphatic rings. The van der Waals surface area contributed by atoms with Crippen LogP contribution in [0, 0.1) is 31.6 Å². The van der Waals surface area contributed by atoms with E-state index in [-0.39, 0.29) is 22.5 Å². The lowest BCUT2D eigenvalue weighted by Crippen LogP contribution is -2.24. The summed E-state index contributed by atoms with van der Waals surface area (Å²) in [5.41, 5.74) is 0.452. The zero-order valence-corrected chi connectivity index (χ0v) is 16.7. The maximum atomic E-state index is 12.9. The van der Waals surface area contributed by atoms with E-state index in [1.807, 2.05) is 6.07 Å². The van der Waals surface area contributed by atoms with Gasteiger partial charge in [-0.1, -0.05) is 25.0 Å². The molecule has 2 aromatic rings. The van der Waals surface area contributed by atoms with Gasteiger partial charge in [-0.25, -0.2) is 0 Å². The molecule has 0 atom stereocenters. The van der Waals surface area contributed by atoms with Gasteiger partial charge in [-0.15, -0.1) is 0 Å². The number of allylic oxidation sites excluding steroid dienone is 1. The van der Waals surface area contributed by atoms with E-state index >= 15 is 0 Å². The number of rotatable bonds is 6. The Bertz CT molecular complexity index is 1100. The second kappa shape index (κ2) is 9.63. The summed E-state index contributed by atoms with van der Waals surface area (Å²) in [6, 6.07) is 11.4. The second-order valence-electron chi connectivity index (χ2n) is 7.21. The van der Waals surface area contributed by atoms with Crippen molar-refractivity contribution < 1.29 is 14.6 Å². The number of ketones is 1. The van der Waals surface area contributed by atoms with Crippen LogP contribution in [0.5, 0.6) is 0 Å². The van der Waals surface area contributed by atoms with Crippen LogP contribution in [0.25, 0.3) is 6.08 Å². The minimum Gasteiger partial charge on any atom is -0.371 e. The monoisotopic (exact) mass is 420 g/mol. The number of nitrogens with zero attached hydrogens (tertiary/aromatic N) is 4. The molecule has 0 spiro atoms. The largest absolute Gasteiger partial charge is 0.371 e. The van der Waals surface area contributed by atoms with Crippen LogP contribution in [0.15, 0.2) is 48.0 Å². The average molecular weight is 420 g/mol. The van der Waals surface area contributed by atoms with Crippen LogP contribution in [0.2, 0.25) is 0 Å². The molecule has 0 N–H and O–H groups in total. The van der Waals surface area contributed by atoms with Gasteiger partial charge in [0.25, 0.3) is 11.4 Å². The van der Waals surface area contributed by atoms with Crippen molar-refractivity contribution in [2.45, 2.75) is 25.7 Å². The third kappa shape index (κ3) is 5.11. The molecule has 1 aliphatic heterocycles. The molecule has 3 rings (SSSR count). The highest BCUT2D eigenvalue weighted by molar-refractivity contribution is 6.14. The highest BCUT2D eigenvalue weighted by Gasteiger charge is 2.20. The first-order chi connectivity index (χ1) is 14.9. The molecule has 1 fully saturated rings. The van der Waals surface area contributed by atoms with Crippen molar-refractivity contribution in [1.82, 2.24) is 0 Å². The van der Waals surface area contributed by atoms with Crippen molar-refractivity contribution in [3.8, 4) is 6.07 Å². The van der Waals surface area contributed by atoms with Crippen LogP contribution in [0.4, 0.5) is 17.1 Å². The summed E-state index contributed by atoms with van der Waals surface area (Å²) in [6.45, 7) is 1.55. The Labute approximate surface area is 178 Å². The Morgan fingerprint density at radius 1 is 0.968 bits per heavy atom. The number of hydrogen-bond acceptors (Lipinski definition) is 7. The molecule has 0 radical (unpaired) electrons. The maximum Gasteiger partial charge on any atom is 0.270 e. The molecule has 0 aliphatic carbocycles. The van der Waals surface area contributed by atoms with E-state index in [9.17, 15) is 30.3 Å². The van der Waals surface area contributed by atoms with E-state index in [1.165, 1.54) is 36.4 Å². The lowest BCUT2D eigenvalue weighted by atomic mass is 10.00. The Hall–Kier alpha value is -4.06. The van der Waals surface area contributed by atoms with Crippen LogP contribution in [0.3, 0.4) is 0 Å². The summed E-state index contributed by atoms with van der Waals surface area (Å²) in [5.74, 6) is -0.681. The van der Waals surface area contributed by atoms with Gasteiger partial charge in [-0.2, -0.15) is 5.26 Å². The zero-order valence-electron chi connectivity index (χ0n) is 16.7. The Morgan fingerprint density at radius 3 is 2.23 bits per heavy atom. The second-order valence-corrected chi connectivity index (χ2v) is 7.21. The maximum absolute atomic E-state index is 12.9. The van der Waals surface area contributed by atoms with E-state index in [2.05, 4.69) is 4.90 Å². The number of Topliss-reactive ketones (excluding diaryl/α,β-unsaturated/α-hetero) is 1. The average Bonchev–Trinajstić information content (AvgIpc) is 3.06. The standard InChI is InChI=1S/C22H20N4O5/c23-15-18(22(27)16-6-5-7-19(13-16)25(28)29)12-17-14-20(26(30)31)8-9-21(17)24-10-3-1-2-4-11-24/h5-9,12-14H,1-4,10-11H2. The highest BCUT2D eigenvalue weighted by Crippen LogP contribution is 2.30. The van der Waals surface area contributed by atoms with Crippen LogP contribution < -0.4 is 4.90 Å². The van der Waals surface area contributed by atoms with Crippen LogP contribution >= 0.6 is 0 Å². The number of nitriles is 1. The summed E-state index contributed by atoms with van der Waals surface area (Å²) in [7, 11) is 0. The van der Waals surface area contributed by atoms with Crippen molar-refractivity contribution in [2.75, 3.05) is 18.0 Å². The molecule has 0 aromatic heterocycles. The van der Waals surface area contributed by atoms with E-state index < -0.39 is 15.6 Å². The van der Waals surface area contributed by atoms with E-state index in [0.29, 0.717) is 11.3 Å². The minimum atomic E-state index is -0.681. The summed E-state index contributed by atoms with van der Waals surface area (Å²) < 4.78 is 0. The lowest BCUT2D eigenvalue weighted by Gasteiger charge is -2.24. The lowest BCUT2D eigenvalue weighted by molar-refractivity contribution is -0.385. The van der Waals surface area contributed by atoms with Gasteiger partial charge < -0.3 is 4.90 Å². The van der Waals surface area contributed by atoms with Gasteiger partial charge in [0.2, 0.25) is 5.78 Å². The van der Waals surface area contributed by atoms with E-state index in [4.69, 9.17) is 0 Å². The van der Waals surface area contributed by atoms with Crippen molar-refractivity contribution in [2.24, 2.45) is 0 Å². The highest BCUT2D eigenvalue weighted by atomic mass is 16.6. The summed E-state index contributed by atoms with van der Waals surface area (Å²) in [4.78, 5) is 36.1. The Morgan fingerprint density at radius 2 is 1.61 bits per heavy atom. The van der Waals surface area contributed by atoms with Gasteiger partial charge in [0, 0.05) is 54.2 Å². The molecule has 2 aromatic carbocycles. The first kappa shape index (κ1) is 21.6. The minimum absolute atomic E-state index is 0.00348. The van der Waals surface area contributed by atoms with Crippen LogP contribution in [-0.2, 0) is 0 Å². The number of anilines is 1. The van der Waals surface area contributed by atoms with Crippen molar-refractivity contribution in [1.29, 1.82) is 5.26 Å². The van der Waals surface area contributed by atoms with Gasteiger partial charge in [0.1, 0.15) is 11.6 Å². The number of carbonyl (C=O) groups is 1. The molecular weight excluding hydrogens is 400 g/mol. The Balaban J connectivity index is 2.05. The fourth-order valence-corrected chi connectivity index (χ4v) is 3.59. The Kier molecular flexibility index (Phi) is 6.72. The molecule has 0 bridgehead atoms. The zero-order chi connectivity index (χ0) is 22.4. The molecule has 9 heteroatoms. The topological polar surface area (TPSA) is 130 Å². The first-order valence-corrected chi connectivity index (χ1v) is 9.85.